The van der Waals surface area contributed by atoms with Gasteiger partial charge < -0.3 is 10.3 Å². The minimum atomic E-state index is -0.701. The molecule has 3 nitrogen and oxygen atoms in total. The summed E-state index contributed by atoms with van der Waals surface area (Å²) in [6.45, 7) is 3.92. The van der Waals surface area contributed by atoms with Gasteiger partial charge in [0, 0.05) is 12.1 Å². The summed E-state index contributed by atoms with van der Waals surface area (Å²) in [6.07, 6.45) is 0. The number of hydrogen-bond donors (Lipinski definition) is 1. The van der Waals surface area contributed by atoms with Crippen molar-refractivity contribution in [3.63, 3.8) is 0 Å². The van der Waals surface area contributed by atoms with E-state index < -0.39 is 11.6 Å². The van der Waals surface area contributed by atoms with Gasteiger partial charge in [0.1, 0.15) is 11.3 Å². The number of aryl methyl sites for hydroxylation is 1. The van der Waals surface area contributed by atoms with E-state index in [-0.39, 0.29) is 17.5 Å². The Labute approximate surface area is 121 Å². The second-order valence-electron chi connectivity index (χ2n) is 5.13. The quantitative estimate of drug-likeness (QED) is 0.778. The van der Waals surface area contributed by atoms with E-state index in [1.807, 2.05) is 38.1 Å². The highest BCUT2D eigenvalue weighted by molar-refractivity contribution is 5.79. The van der Waals surface area contributed by atoms with Crippen LogP contribution < -0.4 is 5.73 Å². The van der Waals surface area contributed by atoms with E-state index in [1.165, 1.54) is 6.07 Å². The van der Waals surface area contributed by atoms with E-state index in [1.54, 1.807) is 4.57 Å². The Morgan fingerprint density at radius 3 is 2.62 bits per heavy atom. The lowest BCUT2D eigenvalue weighted by Crippen LogP contribution is -2.11. The van der Waals surface area contributed by atoms with Gasteiger partial charge in [-0.3, -0.25) is 0 Å². The Kier molecular flexibility index (Phi) is 3.12. The van der Waals surface area contributed by atoms with Gasteiger partial charge in [-0.15, -0.1) is 0 Å². The first-order valence-corrected chi connectivity index (χ1v) is 6.67. The van der Waals surface area contributed by atoms with Crippen LogP contribution in [0.15, 0.2) is 36.4 Å². The summed E-state index contributed by atoms with van der Waals surface area (Å²) in [5.41, 5.74) is 8.50. The first kappa shape index (κ1) is 13.5. The van der Waals surface area contributed by atoms with Gasteiger partial charge in [-0.2, -0.15) is 0 Å². The maximum atomic E-state index is 13.8. The highest BCUT2D eigenvalue weighted by Crippen LogP contribution is 2.30. The van der Waals surface area contributed by atoms with Crippen LogP contribution in [-0.2, 0) is 0 Å². The summed E-state index contributed by atoms with van der Waals surface area (Å²) in [4.78, 5) is 4.03. The Bertz CT molecular complexity index is 824. The highest BCUT2D eigenvalue weighted by atomic mass is 19.1. The molecule has 2 aromatic carbocycles. The molecular formula is C16H15F2N3. The van der Waals surface area contributed by atoms with Crippen LogP contribution in [0.25, 0.3) is 11.0 Å². The molecule has 0 saturated heterocycles. The van der Waals surface area contributed by atoms with Crippen LogP contribution >= 0.6 is 0 Å². The van der Waals surface area contributed by atoms with E-state index in [4.69, 9.17) is 5.73 Å². The first-order valence-electron chi connectivity index (χ1n) is 6.67. The van der Waals surface area contributed by atoms with Crippen LogP contribution in [0.2, 0.25) is 0 Å². The van der Waals surface area contributed by atoms with E-state index in [0.29, 0.717) is 5.52 Å². The number of rotatable bonds is 2. The molecule has 0 aliphatic carbocycles. The summed E-state index contributed by atoms with van der Waals surface area (Å²) >= 11 is 0. The predicted molar refractivity (Wildman–Crippen MR) is 79.1 cm³/mol. The lowest BCUT2D eigenvalue weighted by atomic mass is 10.0. The fraction of sp³-hybridized carbons (Fsp3) is 0.188. The molecule has 1 aromatic heterocycles. The number of nitrogens with zero attached hydrogens (tertiary/aromatic N) is 2. The molecular weight excluding hydrogens is 272 g/mol. The predicted octanol–water partition coefficient (Wildman–Crippen LogP) is 3.81. The average Bonchev–Trinajstić information content (AvgIpc) is 2.75. The standard InChI is InChI=1S/C16H15F2N3/c1-9-5-3-4-6-12(9)10(2)21-14-8-11(17)7-13(18)15(14)20-16(21)19/h3-8,10H,1-2H3,(H2,19,20). The van der Waals surface area contributed by atoms with Gasteiger partial charge >= 0.3 is 0 Å². The number of halogens is 2. The molecule has 0 saturated carbocycles. The number of aromatic nitrogens is 2. The van der Waals surface area contributed by atoms with Crippen LogP contribution in [0.5, 0.6) is 0 Å². The number of benzene rings is 2. The molecule has 1 unspecified atom stereocenters. The third-order valence-corrected chi connectivity index (χ3v) is 3.77. The van der Waals surface area contributed by atoms with Gasteiger partial charge in [0.05, 0.1) is 11.6 Å². The second-order valence-corrected chi connectivity index (χ2v) is 5.13. The minimum Gasteiger partial charge on any atom is -0.369 e. The summed E-state index contributed by atoms with van der Waals surface area (Å²) < 4.78 is 29.0. The molecule has 3 rings (SSSR count). The topological polar surface area (TPSA) is 43.8 Å². The van der Waals surface area contributed by atoms with Gasteiger partial charge in [-0.05, 0) is 25.0 Å². The number of hydrogen-bond acceptors (Lipinski definition) is 2. The van der Waals surface area contributed by atoms with Crippen LogP contribution in [0.1, 0.15) is 24.1 Å². The zero-order valence-electron chi connectivity index (χ0n) is 11.8. The lowest BCUT2D eigenvalue weighted by molar-refractivity contribution is 0.588. The number of fused-ring (bicyclic) bond motifs is 1. The Morgan fingerprint density at radius 1 is 1.19 bits per heavy atom. The van der Waals surface area contributed by atoms with Crippen LogP contribution in [0, 0.1) is 18.6 Å². The molecule has 3 aromatic rings. The molecule has 0 fully saturated rings. The summed E-state index contributed by atoms with van der Waals surface area (Å²) in [7, 11) is 0. The van der Waals surface area contributed by atoms with Crippen molar-refractivity contribution >= 4 is 17.0 Å². The van der Waals surface area contributed by atoms with Crippen molar-refractivity contribution in [3.05, 3.63) is 59.2 Å². The molecule has 0 aliphatic heterocycles. The third kappa shape index (κ3) is 2.14. The molecule has 0 bridgehead atoms. The molecule has 21 heavy (non-hydrogen) atoms. The molecule has 2 N–H and O–H groups in total. The molecule has 0 radical (unpaired) electrons. The van der Waals surface area contributed by atoms with Gasteiger partial charge in [-0.1, -0.05) is 24.3 Å². The third-order valence-electron chi connectivity index (χ3n) is 3.77. The average molecular weight is 287 g/mol. The highest BCUT2D eigenvalue weighted by Gasteiger charge is 2.19. The largest absolute Gasteiger partial charge is 0.369 e. The second kappa shape index (κ2) is 4.84. The van der Waals surface area contributed by atoms with Crippen molar-refractivity contribution in [2.45, 2.75) is 19.9 Å². The number of nitrogens with two attached hydrogens (primary N) is 1. The molecule has 1 atom stereocenters. The van der Waals surface area contributed by atoms with E-state index in [0.717, 1.165) is 17.2 Å². The lowest BCUT2D eigenvalue weighted by Gasteiger charge is -2.18. The normalized spacial score (nSPS) is 12.8. The summed E-state index contributed by atoms with van der Waals surface area (Å²) in [5, 5.41) is 0. The summed E-state index contributed by atoms with van der Waals surface area (Å²) in [6, 6.07) is 9.74. The van der Waals surface area contributed by atoms with E-state index in [2.05, 4.69) is 4.98 Å². The van der Waals surface area contributed by atoms with Gasteiger partial charge in [-0.25, -0.2) is 13.8 Å². The SMILES string of the molecule is Cc1ccccc1C(C)n1c(N)nc2c(F)cc(F)cc21. The van der Waals surface area contributed by atoms with Crippen molar-refractivity contribution in [1.29, 1.82) is 0 Å². The van der Waals surface area contributed by atoms with Gasteiger partial charge in [0.15, 0.2) is 5.82 Å². The zero-order valence-corrected chi connectivity index (χ0v) is 11.8. The maximum Gasteiger partial charge on any atom is 0.201 e. The Balaban J connectivity index is 2.25. The van der Waals surface area contributed by atoms with Crippen molar-refractivity contribution in [2.75, 3.05) is 5.73 Å². The summed E-state index contributed by atoms with van der Waals surface area (Å²) in [5.74, 6) is -1.17. The zero-order chi connectivity index (χ0) is 15.1. The first-order chi connectivity index (χ1) is 9.99. The van der Waals surface area contributed by atoms with Crippen LogP contribution in [0.3, 0.4) is 0 Å². The monoisotopic (exact) mass is 287 g/mol. The van der Waals surface area contributed by atoms with E-state index in [9.17, 15) is 8.78 Å². The van der Waals surface area contributed by atoms with Gasteiger partial charge in [0.2, 0.25) is 5.95 Å². The van der Waals surface area contributed by atoms with Gasteiger partial charge in [0.25, 0.3) is 0 Å². The van der Waals surface area contributed by atoms with Crippen molar-refractivity contribution in [3.8, 4) is 0 Å². The van der Waals surface area contributed by atoms with Crippen molar-refractivity contribution in [1.82, 2.24) is 9.55 Å². The molecule has 0 spiro atoms. The van der Waals surface area contributed by atoms with E-state index >= 15 is 0 Å². The number of anilines is 1. The smallest absolute Gasteiger partial charge is 0.201 e. The fourth-order valence-corrected chi connectivity index (χ4v) is 2.74. The maximum absolute atomic E-state index is 13.8. The molecule has 1 heterocycles. The van der Waals surface area contributed by atoms with Crippen LogP contribution in [-0.4, -0.2) is 9.55 Å². The molecule has 5 heteroatoms. The molecule has 0 aliphatic rings. The molecule has 108 valence electrons. The molecule has 0 amide bonds. The fourth-order valence-electron chi connectivity index (χ4n) is 2.74. The van der Waals surface area contributed by atoms with Crippen LogP contribution in [0.4, 0.5) is 14.7 Å². The minimum absolute atomic E-state index is 0.0920. The Morgan fingerprint density at radius 2 is 1.90 bits per heavy atom. The number of nitrogen functional groups attached to an aromatic ring is 1. The number of imidazole rings is 1. The van der Waals surface area contributed by atoms with Crippen molar-refractivity contribution in [2.24, 2.45) is 0 Å². The van der Waals surface area contributed by atoms with Crippen molar-refractivity contribution < 1.29 is 8.78 Å². The Hall–Kier alpha value is -2.43.